The zero-order chi connectivity index (χ0) is 14.0. The zero-order valence-electron chi connectivity index (χ0n) is 11.5. The van der Waals surface area contributed by atoms with Gasteiger partial charge in [0.25, 0.3) is 0 Å². The van der Waals surface area contributed by atoms with E-state index in [1.807, 2.05) is 13.8 Å². The van der Waals surface area contributed by atoms with Crippen LogP contribution in [0.15, 0.2) is 0 Å². The topological polar surface area (TPSA) is 78.5 Å². The van der Waals surface area contributed by atoms with Crippen LogP contribution in [0.3, 0.4) is 0 Å². The molecule has 0 aromatic carbocycles. The molecular formula is C13H21N3O3. The van der Waals surface area contributed by atoms with E-state index >= 15 is 0 Å². The summed E-state index contributed by atoms with van der Waals surface area (Å²) in [4.78, 5) is 36.8. The summed E-state index contributed by atoms with van der Waals surface area (Å²) in [5.41, 5.74) is -0.518. The van der Waals surface area contributed by atoms with E-state index in [1.54, 1.807) is 4.90 Å². The lowest BCUT2D eigenvalue weighted by atomic mass is 9.87. The van der Waals surface area contributed by atoms with Gasteiger partial charge in [0, 0.05) is 19.5 Å². The highest BCUT2D eigenvalue weighted by molar-refractivity contribution is 6.35. The predicted octanol–water partition coefficient (Wildman–Crippen LogP) is -0.218. The molecule has 2 aliphatic heterocycles. The molecule has 0 aliphatic carbocycles. The van der Waals surface area contributed by atoms with Crippen LogP contribution in [0.1, 0.15) is 39.5 Å². The van der Waals surface area contributed by atoms with Gasteiger partial charge in [-0.25, -0.2) is 0 Å². The van der Waals surface area contributed by atoms with Crippen molar-refractivity contribution in [2.24, 2.45) is 0 Å². The quantitative estimate of drug-likeness (QED) is 0.645. The minimum Gasteiger partial charge on any atom is -0.349 e. The van der Waals surface area contributed by atoms with E-state index in [9.17, 15) is 14.4 Å². The zero-order valence-corrected chi connectivity index (χ0v) is 11.5. The summed E-state index contributed by atoms with van der Waals surface area (Å²) < 4.78 is 0. The first-order chi connectivity index (χ1) is 8.90. The molecule has 0 spiro atoms. The summed E-state index contributed by atoms with van der Waals surface area (Å²) in [5, 5.41) is 5.60. The highest BCUT2D eigenvalue weighted by atomic mass is 16.2. The van der Waals surface area contributed by atoms with Crippen molar-refractivity contribution < 1.29 is 14.4 Å². The third kappa shape index (κ3) is 3.05. The molecule has 6 heteroatoms. The number of nitrogens with zero attached hydrogens (tertiary/aromatic N) is 1. The maximum Gasteiger partial charge on any atom is 0.311 e. The van der Waals surface area contributed by atoms with Crippen LogP contribution in [0.2, 0.25) is 0 Å². The van der Waals surface area contributed by atoms with Crippen LogP contribution in [0.5, 0.6) is 0 Å². The van der Waals surface area contributed by atoms with Gasteiger partial charge in [-0.1, -0.05) is 0 Å². The first kappa shape index (κ1) is 13.8. The predicted molar refractivity (Wildman–Crippen MR) is 69.2 cm³/mol. The minimum absolute atomic E-state index is 0.0126. The Morgan fingerprint density at radius 1 is 1.32 bits per heavy atom. The number of rotatable bonds is 1. The third-order valence-corrected chi connectivity index (χ3v) is 3.89. The second-order valence-corrected chi connectivity index (χ2v) is 5.83. The van der Waals surface area contributed by atoms with Gasteiger partial charge in [-0.05, 0) is 33.1 Å². The van der Waals surface area contributed by atoms with Gasteiger partial charge in [0.2, 0.25) is 5.91 Å². The Morgan fingerprint density at radius 2 is 1.95 bits per heavy atom. The summed E-state index contributed by atoms with van der Waals surface area (Å²) in [7, 11) is 0. The van der Waals surface area contributed by atoms with Gasteiger partial charge >= 0.3 is 11.8 Å². The van der Waals surface area contributed by atoms with Crippen LogP contribution in [-0.2, 0) is 14.4 Å². The Labute approximate surface area is 112 Å². The fourth-order valence-corrected chi connectivity index (χ4v) is 2.68. The standard InChI is InChI=1S/C13H21N3O3/c1-13(2)9(5-6-10(17)15-13)14-11(18)12(19)16-7-3-4-8-16/h9H,3-8H2,1-2H3,(H,14,18)(H,15,17). The van der Waals surface area contributed by atoms with Crippen molar-refractivity contribution in [2.45, 2.75) is 51.1 Å². The average molecular weight is 267 g/mol. The molecule has 0 aromatic heterocycles. The second-order valence-electron chi connectivity index (χ2n) is 5.83. The number of carbonyl (C=O) groups excluding carboxylic acids is 3. The second kappa shape index (κ2) is 5.19. The van der Waals surface area contributed by atoms with Crippen molar-refractivity contribution in [1.82, 2.24) is 15.5 Å². The maximum absolute atomic E-state index is 12.0. The summed E-state index contributed by atoms with van der Waals surface area (Å²) in [6.45, 7) is 5.04. The minimum atomic E-state index is -0.559. The number of hydrogen-bond acceptors (Lipinski definition) is 3. The Balaban J connectivity index is 1.94. The van der Waals surface area contributed by atoms with E-state index in [0.717, 1.165) is 12.8 Å². The molecule has 2 aliphatic rings. The molecule has 2 heterocycles. The van der Waals surface area contributed by atoms with Crippen molar-refractivity contribution in [3.8, 4) is 0 Å². The third-order valence-electron chi connectivity index (χ3n) is 3.89. The first-order valence-electron chi connectivity index (χ1n) is 6.81. The number of carbonyl (C=O) groups is 3. The smallest absolute Gasteiger partial charge is 0.311 e. The van der Waals surface area contributed by atoms with Crippen LogP contribution in [0.4, 0.5) is 0 Å². The van der Waals surface area contributed by atoms with Crippen molar-refractivity contribution in [2.75, 3.05) is 13.1 Å². The number of nitrogens with one attached hydrogen (secondary N) is 2. The van der Waals surface area contributed by atoms with Gasteiger partial charge in [-0.3, -0.25) is 14.4 Å². The summed E-state index contributed by atoms with van der Waals surface area (Å²) in [5.74, 6) is -1.03. The number of piperidine rings is 1. The SMILES string of the molecule is CC1(C)NC(=O)CCC1NC(=O)C(=O)N1CCCC1. The highest BCUT2D eigenvalue weighted by Crippen LogP contribution is 2.19. The molecule has 0 aromatic rings. The van der Waals surface area contributed by atoms with Gasteiger partial charge in [0.05, 0.1) is 11.6 Å². The molecule has 2 N–H and O–H groups in total. The number of likely N-dealkylation sites (tertiary alicyclic amines) is 1. The fraction of sp³-hybridized carbons (Fsp3) is 0.769. The van der Waals surface area contributed by atoms with Crippen LogP contribution < -0.4 is 10.6 Å². The van der Waals surface area contributed by atoms with E-state index in [-0.39, 0.29) is 11.9 Å². The highest BCUT2D eigenvalue weighted by Gasteiger charge is 2.38. The lowest BCUT2D eigenvalue weighted by Crippen LogP contribution is -2.63. The molecule has 1 unspecified atom stereocenters. The van der Waals surface area contributed by atoms with E-state index in [4.69, 9.17) is 0 Å². The molecule has 0 radical (unpaired) electrons. The van der Waals surface area contributed by atoms with Gasteiger partial charge in [-0.2, -0.15) is 0 Å². The lowest BCUT2D eigenvalue weighted by molar-refractivity contribution is -0.146. The number of hydrogen-bond donors (Lipinski definition) is 2. The molecule has 3 amide bonds. The molecule has 2 rings (SSSR count). The Hall–Kier alpha value is -1.59. The molecule has 0 bridgehead atoms. The monoisotopic (exact) mass is 267 g/mol. The van der Waals surface area contributed by atoms with E-state index in [1.165, 1.54) is 0 Å². The molecule has 2 saturated heterocycles. The van der Waals surface area contributed by atoms with Gasteiger partial charge < -0.3 is 15.5 Å². The first-order valence-corrected chi connectivity index (χ1v) is 6.81. The van der Waals surface area contributed by atoms with Gasteiger partial charge in [-0.15, -0.1) is 0 Å². The Bertz CT molecular complexity index is 400. The molecule has 19 heavy (non-hydrogen) atoms. The lowest BCUT2D eigenvalue weighted by Gasteiger charge is -2.39. The van der Waals surface area contributed by atoms with Crippen LogP contribution >= 0.6 is 0 Å². The molecular weight excluding hydrogens is 246 g/mol. The molecule has 6 nitrogen and oxygen atoms in total. The summed E-state index contributed by atoms with van der Waals surface area (Å²) in [6.07, 6.45) is 2.87. The van der Waals surface area contributed by atoms with Gasteiger partial charge in [0.15, 0.2) is 0 Å². The fourth-order valence-electron chi connectivity index (χ4n) is 2.68. The number of amides is 3. The Morgan fingerprint density at radius 3 is 2.53 bits per heavy atom. The van der Waals surface area contributed by atoms with Gasteiger partial charge in [0.1, 0.15) is 0 Å². The van der Waals surface area contributed by atoms with Crippen molar-refractivity contribution >= 4 is 17.7 Å². The molecule has 1 atom stereocenters. The van der Waals surface area contributed by atoms with E-state index < -0.39 is 17.4 Å². The Kier molecular flexibility index (Phi) is 3.78. The van der Waals surface area contributed by atoms with E-state index in [2.05, 4.69) is 10.6 Å². The normalized spacial score (nSPS) is 25.9. The largest absolute Gasteiger partial charge is 0.349 e. The van der Waals surface area contributed by atoms with Crippen molar-refractivity contribution in [1.29, 1.82) is 0 Å². The van der Waals surface area contributed by atoms with E-state index in [0.29, 0.717) is 25.9 Å². The van der Waals surface area contributed by atoms with Crippen LogP contribution in [0, 0.1) is 0 Å². The summed E-state index contributed by atoms with van der Waals surface area (Å²) in [6, 6.07) is -0.204. The molecule has 2 fully saturated rings. The molecule has 106 valence electrons. The van der Waals surface area contributed by atoms with Crippen molar-refractivity contribution in [3.05, 3.63) is 0 Å². The summed E-state index contributed by atoms with van der Waals surface area (Å²) >= 11 is 0. The average Bonchev–Trinajstić information content (AvgIpc) is 2.84. The maximum atomic E-state index is 12.0. The van der Waals surface area contributed by atoms with Crippen LogP contribution in [-0.4, -0.2) is 47.3 Å². The molecule has 0 saturated carbocycles. The van der Waals surface area contributed by atoms with Crippen molar-refractivity contribution in [3.63, 3.8) is 0 Å². The van der Waals surface area contributed by atoms with Crippen LogP contribution in [0.25, 0.3) is 0 Å².